The van der Waals surface area contributed by atoms with Gasteiger partial charge in [-0.05, 0) is 31.2 Å². The third-order valence-electron chi connectivity index (χ3n) is 4.98. The first-order chi connectivity index (χ1) is 19.8. The molecular weight excluding hydrogens is 595 g/mol. The number of benzene rings is 2. The Bertz CT molecular complexity index is 1370. The molecule has 0 saturated heterocycles. The molecule has 2 aromatic rings. The standard InChI is InChI=1S/C15H18ClNO5.C13H14ClNO5/c1-5-22-12(19)7-6-10-8-11(20-3)13(16)15(21-4)14(10)17-9(2)18;1-7(16)15-12-8(4-5-10(17)18)6-9(19-2)11(14)13(12)20-3/h6-8H,5H2,1-4H3,(H,17,18);4-6H,1-3H3,(H,15,16)(H,17,18)/b7-6+;5-4+. The number of carboxylic acids is 1. The highest BCUT2D eigenvalue weighted by molar-refractivity contribution is 6.34. The van der Waals surface area contributed by atoms with Crippen LogP contribution in [0.4, 0.5) is 11.4 Å². The molecule has 228 valence electrons. The van der Waals surface area contributed by atoms with Gasteiger partial charge in [-0.25, -0.2) is 9.59 Å². The first kappa shape index (κ1) is 35.6. The Labute approximate surface area is 253 Å². The van der Waals surface area contributed by atoms with Gasteiger partial charge in [0.25, 0.3) is 0 Å². The summed E-state index contributed by atoms with van der Waals surface area (Å²) in [5.41, 5.74) is 1.53. The Morgan fingerprint density at radius 1 is 0.762 bits per heavy atom. The first-order valence-corrected chi connectivity index (χ1v) is 12.8. The molecule has 0 spiro atoms. The number of ether oxygens (including phenoxy) is 5. The highest BCUT2D eigenvalue weighted by atomic mass is 35.5. The van der Waals surface area contributed by atoms with Gasteiger partial charge in [-0.15, -0.1) is 0 Å². The zero-order valence-corrected chi connectivity index (χ0v) is 25.6. The van der Waals surface area contributed by atoms with Crippen molar-refractivity contribution in [2.75, 3.05) is 45.7 Å². The second-order valence-corrected chi connectivity index (χ2v) is 8.66. The van der Waals surface area contributed by atoms with Crippen LogP contribution in [-0.2, 0) is 23.9 Å². The van der Waals surface area contributed by atoms with Crippen LogP contribution in [0.1, 0.15) is 31.9 Å². The number of anilines is 2. The number of aliphatic carboxylic acids is 1. The molecule has 0 aliphatic rings. The van der Waals surface area contributed by atoms with E-state index < -0.39 is 11.9 Å². The molecule has 0 unspecified atom stereocenters. The third kappa shape index (κ3) is 10.2. The number of rotatable bonds is 11. The van der Waals surface area contributed by atoms with E-state index in [1.165, 1.54) is 66.6 Å². The van der Waals surface area contributed by atoms with Crippen LogP contribution in [0.25, 0.3) is 12.2 Å². The van der Waals surface area contributed by atoms with Crippen LogP contribution in [-0.4, -0.2) is 63.9 Å². The van der Waals surface area contributed by atoms with E-state index in [4.69, 9.17) is 52.0 Å². The van der Waals surface area contributed by atoms with Gasteiger partial charge in [-0.3, -0.25) is 9.59 Å². The monoisotopic (exact) mass is 626 g/mol. The Morgan fingerprint density at radius 2 is 1.17 bits per heavy atom. The topological polar surface area (TPSA) is 159 Å². The fourth-order valence-electron chi connectivity index (χ4n) is 3.32. The number of halogens is 2. The van der Waals surface area contributed by atoms with E-state index in [1.807, 2.05) is 0 Å². The van der Waals surface area contributed by atoms with E-state index in [0.717, 1.165) is 6.08 Å². The number of carbonyl (C=O) groups is 4. The summed E-state index contributed by atoms with van der Waals surface area (Å²) in [6.07, 6.45) is 4.99. The highest BCUT2D eigenvalue weighted by Crippen LogP contribution is 2.44. The Morgan fingerprint density at radius 3 is 1.48 bits per heavy atom. The molecule has 2 amide bonds. The van der Waals surface area contributed by atoms with Gasteiger partial charge >= 0.3 is 11.9 Å². The van der Waals surface area contributed by atoms with Crippen LogP contribution >= 0.6 is 23.2 Å². The van der Waals surface area contributed by atoms with Crippen LogP contribution < -0.4 is 29.6 Å². The van der Waals surface area contributed by atoms with Gasteiger partial charge in [0, 0.05) is 37.1 Å². The minimum atomic E-state index is -1.12. The second kappa shape index (κ2) is 17.4. The van der Waals surface area contributed by atoms with Crippen molar-refractivity contribution in [1.82, 2.24) is 0 Å². The van der Waals surface area contributed by atoms with Crippen LogP contribution in [0.3, 0.4) is 0 Å². The third-order valence-corrected chi connectivity index (χ3v) is 5.69. The lowest BCUT2D eigenvalue weighted by molar-refractivity contribution is -0.137. The number of nitrogens with one attached hydrogen (secondary N) is 2. The van der Waals surface area contributed by atoms with Gasteiger partial charge in [0.2, 0.25) is 11.8 Å². The molecule has 0 aliphatic heterocycles. The summed E-state index contributed by atoms with van der Waals surface area (Å²) < 4.78 is 25.5. The van der Waals surface area contributed by atoms with E-state index >= 15 is 0 Å². The molecule has 2 aromatic carbocycles. The number of carboxylic acid groups (broad SMARTS) is 1. The summed E-state index contributed by atoms with van der Waals surface area (Å²) in [6.45, 7) is 4.66. The summed E-state index contributed by atoms with van der Waals surface area (Å²) >= 11 is 12.3. The van der Waals surface area contributed by atoms with E-state index in [1.54, 1.807) is 13.0 Å². The number of carbonyl (C=O) groups excluding carboxylic acids is 3. The fraction of sp³-hybridized carbons (Fsp3) is 0.286. The zero-order chi connectivity index (χ0) is 32.0. The summed E-state index contributed by atoms with van der Waals surface area (Å²) in [5.74, 6) is -1.14. The van der Waals surface area contributed by atoms with Crippen LogP contribution in [0, 0.1) is 0 Å². The Balaban J connectivity index is 0.000000422. The van der Waals surface area contributed by atoms with Crippen molar-refractivity contribution in [1.29, 1.82) is 0 Å². The normalized spacial score (nSPS) is 10.4. The number of hydrogen-bond acceptors (Lipinski definition) is 9. The van der Waals surface area contributed by atoms with Gasteiger partial charge < -0.3 is 39.4 Å². The van der Waals surface area contributed by atoms with Crippen molar-refractivity contribution in [3.63, 3.8) is 0 Å². The van der Waals surface area contributed by atoms with Crippen molar-refractivity contribution in [2.45, 2.75) is 20.8 Å². The van der Waals surface area contributed by atoms with Crippen molar-refractivity contribution in [3.8, 4) is 23.0 Å². The van der Waals surface area contributed by atoms with Crippen LogP contribution in [0.5, 0.6) is 23.0 Å². The quantitative estimate of drug-likeness (QED) is 0.220. The predicted octanol–water partition coefficient (Wildman–Crippen LogP) is 5.31. The number of hydrogen-bond donors (Lipinski definition) is 3. The molecule has 0 bridgehead atoms. The van der Waals surface area contributed by atoms with Crippen molar-refractivity contribution >= 4 is 70.5 Å². The van der Waals surface area contributed by atoms with Crippen molar-refractivity contribution in [3.05, 3.63) is 45.5 Å². The van der Waals surface area contributed by atoms with Crippen LogP contribution in [0.2, 0.25) is 10.0 Å². The summed E-state index contributed by atoms with van der Waals surface area (Å²) in [7, 11) is 5.68. The highest BCUT2D eigenvalue weighted by Gasteiger charge is 2.19. The molecular formula is C28H32Cl2N2O10. The first-order valence-electron chi connectivity index (χ1n) is 12.0. The molecule has 2 rings (SSSR count). The minimum absolute atomic E-state index is 0.186. The Hall–Kier alpha value is -4.42. The number of amides is 2. The Kier molecular flexibility index (Phi) is 14.8. The van der Waals surface area contributed by atoms with E-state index in [2.05, 4.69) is 10.6 Å². The number of esters is 1. The molecule has 0 atom stereocenters. The number of methoxy groups -OCH3 is 4. The van der Waals surface area contributed by atoms with Gasteiger partial charge in [-0.2, -0.15) is 0 Å². The average Bonchev–Trinajstić information content (AvgIpc) is 2.92. The molecule has 14 heteroatoms. The maximum Gasteiger partial charge on any atom is 0.330 e. The van der Waals surface area contributed by atoms with Gasteiger partial charge in [0.1, 0.15) is 21.5 Å². The lowest BCUT2D eigenvalue weighted by Gasteiger charge is -2.16. The second-order valence-electron chi connectivity index (χ2n) is 7.90. The predicted molar refractivity (Wildman–Crippen MR) is 160 cm³/mol. The zero-order valence-electron chi connectivity index (χ0n) is 24.0. The van der Waals surface area contributed by atoms with E-state index in [9.17, 15) is 19.2 Å². The lowest BCUT2D eigenvalue weighted by Crippen LogP contribution is -2.09. The van der Waals surface area contributed by atoms with Crippen molar-refractivity contribution in [2.24, 2.45) is 0 Å². The van der Waals surface area contributed by atoms with Gasteiger partial charge in [-0.1, -0.05) is 23.2 Å². The van der Waals surface area contributed by atoms with Gasteiger partial charge in [0.15, 0.2) is 11.5 Å². The summed E-state index contributed by atoms with van der Waals surface area (Å²) in [5, 5.41) is 14.3. The molecule has 3 N–H and O–H groups in total. The fourth-order valence-corrected chi connectivity index (χ4v) is 3.93. The minimum Gasteiger partial charge on any atom is -0.495 e. The summed E-state index contributed by atoms with van der Waals surface area (Å²) in [6, 6.07) is 3.10. The lowest BCUT2D eigenvalue weighted by atomic mass is 10.1. The van der Waals surface area contributed by atoms with Crippen molar-refractivity contribution < 1.29 is 48.0 Å². The SMILES string of the molecule is CCOC(=O)/C=C/c1cc(OC)c(Cl)c(OC)c1NC(C)=O.COc1cc(/C=C/C(=O)O)c(NC(C)=O)c(OC)c1Cl. The maximum absolute atomic E-state index is 11.4. The molecule has 12 nitrogen and oxygen atoms in total. The molecule has 0 fully saturated rings. The molecule has 42 heavy (non-hydrogen) atoms. The smallest absolute Gasteiger partial charge is 0.330 e. The maximum atomic E-state index is 11.4. The van der Waals surface area contributed by atoms with E-state index in [-0.39, 0.29) is 45.7 Å². The molecule has 0 radical (unpaired) electrons. The van der Waals surface area contributed by atoms with E-state index in [0.29, 0.717) is 28.3 Å². The average molecular weight is 627 g/mol. The van der Waals surface area contributed by atoms with Crippen LogP contribution in [0.15, 0.2) is 24.3 Å². The molecule has 0 saturated carbocycles. The summed E-state index contributed by atoms with van der Waals surface area (Å²) in [4.78, 5) is 44.7. The molecule has 0 heterocycles. The molecule has 0 aromatic heterocycles. The van der Waals surface area contributed by atoms with Gasteiger partial charge in [0.05, 0.1) is 46.4 Å². The largest absolute Gasteiger partial charge is 0.495 e. The molecule has 0 aliphatic carbocycles.